The molecule has 94 valence electrons. The van der Waals surface area contributed by atoms with Gasteiger partial charge in [0.25, 0.3) is 0 Å². The summed E-state index contributed by atoms with van der Waals surface area (Å²) in [5, 5.41) is 0. The molecule has 2 N–H and O–H groups in total. The minimum Gasteiger partial charge on any atom is -0.490 e. The molecular formula is C15H23NO. The Morgan fingerprint density at radius 3 is 2.41 bits per heavy atom. The van der Waals surface area contributed by atoms with Crippen LogP contribution in [-0.2, 0) is 6.54 Å². The van der Waals surface area contributed by atoms with Crippen molar-refractivity contribution < 1.29 is 4.74 Å². The second-order valence-electron chi connectivity index (χ2n) is 5.36. The van der Waals surface area contributed by atoms with Crippen molar-refractivity contribution in [1.82, 2.24) is 0 Å². The molecule has 0 aliphatic heterocycles. The maximum atomic E-state index is 6.03. The largest absolute Gasteiger partial charge is 0.490 e. The maximum Gasteiger partial charge on any atom is 0.119 e. The SMILES string of the molecule is CC1CCC(Oc2ccc(CN)cc2)CC1C. The van der Waals surface area contributed by atoms with Gasteiger partial charge < -0.3 is 10.5 Å². The highest BCUT2D eigenvalue weighted by Crippen LogP contribution is 2.31. The third-order valence-corrected chi connectivity index (χ3v) is 4.01. The van der Waals surface area contributed by atoms with Crippen molar-refractivity contribution in [2.24, 2.45) is 17.6 Å². The second kappa shape index (κ2) is 5.54. The lowest BCUT2D eigenvalue weighted by molar-refractivity contribution is 0.101. The first-order valence-electron chi connectivity index (χ1n) is 6.64. The van der Waals surface area contributed by atoms with Gasteiger partial charge in [0.2, 0.25) is 0 Å². The second-order valence-corrected chi connectivity index (χ2v) is 5.36. The average Bonchev–Trinajstić information content (AvgIpc) is 2.35. The van der Waals surface area contributed by atoms with Crippen LogP contribution in [0.15, 0.2) is 24.3 Å². The quantitative estimate of drug-likeness (QED) is 0.869. The number of hydrogen-bond donors (Lipinski definition) is 1. The Kier molecular flexibility index (Phi) is 4.06. The van der Waals surface area contributed by atoms with E-state index in [0.717, 1.165) is 23.1 Å². The molecule has 1 aromatic carbocycles. The van der Waals surface area contributed by atoms with Gasteiger partial charge in [-0.15, -0.1) is 0 Å². The minimum absolute atomic E-state index is 0.393. The number of benzene rings is 1. The summed E-state index contributed by atoms with van der Waals surface area (Å²) in [4.78, 5) is 0. The van der Waals surface area contributed by atoms with E-state index in [1.54, 1.807) is 0 Å². The third kappa shape index (κ3) is 3.22. The van der Waals surface area contributed by atoms with Crippen LogP contribution in [0.3, 0.4) is 0 Å². The van der Waals surface area contributed by atoms with Gasteiger partial charge in [-0.05, 0) is 48.8 Å². The number of rotatable bonds is 3. The van der Waals surface area contributed by atoms with Crippen LogP contribution in [0.25, 0.3) is 0 Å². The maximum absolute atomic E-state index is 6.03. The Bertz CT molecular complexity index is 346. The average molecular weight is 233 g/mol. The lowest BCUT2D eigenvalue weighted by atomic mass is 9.80. The molecule has 1 aliphatic rings. The number of ether oxygens (including phenoxy) is 1. The zero-order chi connectivity index (χ0) is 12.3. The summed E-state index contributed by atoms with van der Waals surface area (Å²) in [7, 11) is 0. The Hall–Kier alpha value is -1.02. The molecule has 2 rings (SSSR count). The van der Waals surface area contributed by atoms with Crippen LogP contribution >= 0.6 is 0 Å². The molecule has 3 atom stereocenters. The predicted octanol–water partition coefficient (Wildman–Crippen LogP) is 3.35. The van der Waals surface area contributed by atoms with E-state index in [1.807, 2.05) is 24.3 Å². The van der Waals surface area contributed by atoms with Gasteiger partial charge in [-0.1, -0.05) is 26.0 Å². The highest BCUT2D eigenvalue weighted by molar-refractivity contribution is 5.27. The summed E-state index contributed by atoms with van der Waals surface area (Å²) in [6.45, 7) is 5.27. The van der Waals surface area contributed by atoms with Crippen molar-refractivity contribution in [3.8, 4) is 5.75 Å². The van der Waals surface area contributed by atoms with E-state index in [1.165, 1.54) is 19.3 Å². The summed E-state index contributed by atoms with van der Waals surface area (Å²) in [6.07, 6.45) is 4.04. The zero-order valence-electron chi connectivity index (χ0n) is 10.9. The first-order chi connectivity index (χ1) is 8.19. The normalized spacial score (nSPS) is 29.0. The molecule has 1 aromatic rings. The molecule has 1 saturated carbocycles. The summed E-state index contributed by atoms with van der Waals surface area (Å²) in [5.41, 5.74) is 6.73. The van der Waals surface area contributed by atoms with Gasteiger partial charge in [0.1, 0.15) is 5.75 Å². The molecule has 17 heavy (non-hydrogen) atoms. The van der Waals surface area contributed by atoms with Gasteiger partial charge >= 0.3 is 0 Å². The number of nitrogens with two attached hydrogens (primary N) is 1. The van der Waals surface area contributed by atoms with E-state index in [9.17, 15) is 0 Å². The van der Waals surface area contributed by atoms with Crippen LogP contribution in [0.5, 0.6) is 5.75 Å². The Balaban J connectivity index is 1.92. The summed E-state index contributed by atoms with van der Waals surface area (Å²) < 4.78 is 6.03. The Morgan fingerprint density at radius 1 is 1.12 bits per heavy atom. The van der Waals surface area contributed by atoms with E-state index in [-0.39, 0.29) is 0 Å². The lowest BCUT2D eigenvalue weighted by Gasteiger charge is -2.32. The molecule has 0 amide bonds. The smallest absolute Gasteiger partial charge is 0.119 e. The molecule has 2 heteroatoms. The summed E-state index contributed by atoms with van der Waals surface area (Å²) >= 11 is 0. The number of hydrogen-bond acceptors (Lipinski definition) is 2. The Labute approximate surface area is 104 Å². The van der Waals surface area contributed by atoms with E-state index in [2.05, 4.69) is 13.8 Å². The molecule has 0 radical (unpaired) electrons. The third-order valence-electron chi connectivity index (χ3n) is 4.01. The van der Waals surface area contributed by atoms with Crippen LogP contribution in [0, 0.1) is 11.8 Å². The van der Waals surface area contributed by atoms with Gasteiger partial charge in [-0.25, -0.2) is 0 Å². The van der Waals surface area contributed by atoms with Crippen LogP contribution < -0.4 is 10.5 Å². The lowest BCUT2D eigenvalue weighted by Crippen LogP contribution is -2.28. The Morgan fingerprint density at radius 2 is 1.82 bits per heavy atom. The van der Waals surface area contributed by atoms with Gasteiger partial charge in [0.05, 0.1) is 6.10 Å². The van der Waals surface area contributed by atoms with Crippen molar-refractivity contribution in [2.75, 3.05) is 0 Å². The first-order valence-corrected chi connectivity index (χ1v) is 6.64. The van der Waals surface area contributed by atoms with Gasteiger partial charge in [-0.2, -0.15) is 0 Å². The molecule has 1 aliphatic carbocycles. The fourth-order valence-corrected chi connectivity index (χ4v) is 2.50. The molecule has 1 fully saturated rings. The summed E-state index contributed by atoms with van der Waals surface area (Å²) in [5.74, 6) is 2.60. The fourth-order valence-electron chi connectivity index (χ4n) is 2.50. The van der Waals surface area contributed by atoms with Crippen LogP contribution in [0.4, 0.5) is 0 Å². The summed E-state index contributed by atoms with van der Waals surface area (Å²) in [6, 6.07) is 8.16. The fraction of sp³-hybridized carbons (Fsp3) is 0.600. The molecule has 0 aromatic heterocycles. The molecule has 0 saturated heterocycles. The highest BCUT2D eigenvalue weighted by atomic mass is 16.5. The van der Waals surface area contributed by atoms with Gasteiger partial charge in [0, 0.05) is 6.54 Å². The molecule has 0 bridgehead atoms. The van der Waals surface area contributed by atoms with Crippen LogP contribution in [0.2, 0.25) is 0 Å². The van der Waals surface area contributed by atoms with Gasteiger partial charge in [0.15, 0.2) is 0 Å². The van der Waals surface area contributed by atoms with Gasteiger partial charge in [-0.3, -0.25) is 0 Å². The van der Waals surface area contributed by atoms with Crippen LogP contribution in [-0.4, -0.2) is 6.10 Å². The van der Waals surface area contributed by atoms with Crippen molar-refractivity contribution in [3.05, 3.63) is 29.8 Å². The minimum atomic E-state index is 0.393. The first kappa shape index (κ1) is 12.4. The van der Waals surface area contributed by atoms with Crippen molar-refractivity contribution in [3.63, 3.8) is 0 Å². The van der Waals surface area contributed by atoms with E-state index in [4.69, 9.17) is 10.5 Å². The van der Waals surface area contributed by atoms with E-state index in [0.29, 0.717) is 12.6 Å². The standard InChI is InChI=1S/C15H23NO/c1-11-3-6-15(9-12(11)2)17-14-7-4-13(10-16)5-8-14/h4-5,7-8,11-12,15H,3,6,9-10,16H2,1-2H3. The molecule has 0 heterocycles. The monoisotopic (exact) mass is 233 g/mol. The molecule has 3 unspecified atom stereocenters. The van der Waals surface area contributed by atoms with Crippen LogP contribution in [0.1, 0.15) is 38.7 Å². The predicted molar refractivity (Wildman–Crippen MR) is 70.9 cm³/mol. The van der Waals surface area contributed by atoms with E-state index < -0.39 is 0 Å². The topological polar surface area (TPSA) is 35.2 Å². The molecule has 0 spiro atoms. The molecular weight excluding hydrogens is 210 g/mol. The zero-order valence-corrected chi connectivity index (χ0v) is 10.9. The highest BCUT2D eigenvalue weighted by Gasteiger charge is 2.25. The van der Waals surface area contributed by atoms with Crippen molar-refractivity contribution in [1.29, 1.82) is 0 Å². The van der Waals surface area contributed by atoms with E-state index >= 15 is 0 Å². The molecule has 2 nitrogen and oxygen atoms in total. The van der Waals surface area contributed by atoms with Crippen molar-refractivity contribution in [2.45, 2.75) is 45.8 Å². The van der Waals surface area contributed by atoms with Crippen molar-refractivity contribution >= 4 is 0 Å².